The normalized spacial score (nSPS) is 11.3. The molecule has 25 heavy (non-hydrogen) atoms. The molecule has 0 aliphatic carbocycles. The van der Waals surface area contributed by atoms with Gasteiger partial charge in [0.2, 0.25) is 0 Å². The Bertz CT molecular complexity index is 1120. The minimum Gasteiger partial charge on any atom is -0.503 e. The molecule has 3 rings (SSSR count). The molecule has 0 unspecified atom stereocenters. The van der Waals surface area contributed by atoms with E-state index in [1.807, 2.05) is 0 Å². The Morgan fingerprint density at radius 1 is 1.24 bits per heavy atom. The summed E-state index contributed by atoms with van der Waals surface area (Å²) in [6.07, 6.45) is 1.32. The zero-order valence-electron chi connectivity index (χ0n) is 12.8. The van der Waals surface area contributed by atoms with Crippen LogP contribution < -0.4 is 16.0 Å². The van der Waals surface area contributed by atoms with Gasteiger partial charge in [-0.2, -0.15) is 5.10 Å². The van der Waals surface area contributed by atoms with Gasteiger partial charge in [-0.25, -0.2) is 4.79 Å². The van der Waals surface area contributed by atoms with Crippen LogP contribution in [0.15, 0.2) is 54.0 Å². The second-order valence-electron chi connectivity index (χ2n) is 4.98. The minimum absolute atomic E-state index is 0.0766. The minimum atomic E-state index is -0.652. The second-order valence-corrected chi connectivity index (χ2v) is 6.57. The lowest BCUT2D eigenvalue weighted by molar-refractivity contribution is 0.371. The Balaban J connectivity index is 2.16. The summed E-state index contributed by atoms with van der Waals surface area (Å²) in [6.45, 7) is 0. The smallest absolute Gasteiger partial charge is 0.349 e. The van der Waals surface area contributed by atoms with E-state index in [2.05, 4.69) is 41.9 Å². The highest BCUT2D eigenvalue weighted by atomic mass is 79.9. The van der Waals surface area contributed by atoms with Crippen molar-refractivity contribution < 1.29 is 9.84 Å². The zero-order chi connectivity index (χ0) is 18.1. The number of H-pyrrole nitrogens is 1. The Kier molecular flexibility index (Phi) is 4.78. The zero-order valence-corrected chi connectivity index (χ0v) is 16.0. The number of nitrogens with one attached hydrogen (secondary N) is 1. The summed E-state index contributed by atoms with van der Waals surface area (Å²) in [5, 5.41) is 14.3. The van der Waals surface area contributed by atoms with Gasteiger partial charge in [0.05, 0.1) is 28.7 Å². The van der Waals surface area contributed by atoms with Crippen LogP contribution in [-0.2, 0) is 0 Å². The van der Waals surface area contributed by atoms with Gasteiger partial charge in [-0.15, -0.1) is 4.68 Å². The van der Waals surface area contributed by atoms with Crippen molar-refractivity contribution in [2.75, 3.05) is 7.11 Å². The van der Waals surface area contributed by atoms with Gasteiger partial charge < -0.3 is 14.8 Å². The molecule has 0 saturated heterocycles. The molecule has 0 spiro atoms. The fourth-order valence-electron chi connectivity index (χ4n) is 2.24. The molecular weight excluding hydrogens is 458 g/mol. The lowest BCUT2D eigenvalue weighted by atomic mass is 10.2. The molecule has 0 fully saturated rings. The van der Waals surface area contributed by atoms with Crippen molar-refractivity contribution in [2.45, 2.75) is 0 Å². The van der Waals surface area contributed by atoms with Gasteiger partial charge >= 0.3 is 5.69 Å². The Labute approximate surface area is 157 Å². The number of fused-ring (bicyclic) bond motifs is 1. The van der Waals surface area contributed by atoms with Crippen LogP contribution in [0.4, 0.5) is 0 Å². The van der Waals surface area contributed by atoms with Crippen LogP contribution >= 0.6 is 31.9 Å². The van der Waals surface area contributed by atoms with E-state index in [0.717, 1.165) is 4.68 Å². The van der Waals surface area contributed by atoms with Crippen molar-refractivity contribution in [1.29, 1.82) is 0 Å². The molecule has 128 valence electrons. The summed E-state index contributed by atoms with van der Waals surface area (Å²) < 4.78 is 6.69. The fraction of sp³-hybridized carbons (Fsp3) is 0.0625. The van der Waals surface area contributed by atoms with Gasteiger partial charge in [0.25, 0.3) is 5.56 Å². The van der Waals surface area contributed by atoms with E-state index >= 15 is 0 Å². The lowest BCUT2D eigenvalue weighted by Gasteiger charge is -2.09. The topological polar surface area (TPSA) is 96.7 Å². The lowest BCUT2D eigenvalue weighted by Crippen LogP contribution is -2.32. The van der Waals surface area contributed by atoms with E-state index in [1.54, 1.807) is 24.3 Å². The molecule has 0 atom stereocenters. The van der Waals surface area contributed by atoms with Crippen LogP contribution in [0.25, 0.3) is 10.9 Å². The van der Waals surface area contributed by atoms with E-state index in [-0.39, 0.29) is 11.5 Å². The van der Waals surface area contributed by atoms with Gasteiger partial charge in [0.15, 0.2) is 11.5 Å². The van der Waals surface area contributed by atoms with Crippen molar-refractivity contribution in [3.8, 4) is 11.5 Å². The summed E-state index contributed by atoms with van der Waals surface area (Å²) in [7, 11) is 1.41. The van der Waals surface area contributed by atoms with Gasteiger partial charge in [-0.1, -0.05) is 12.1 Å². The summed E-state index contributed by atoms with van der Waals surface area (Å²) in [6, 6.07) is 8.20. The highest BCUT2D eigenvalue weighted by molar-refractivity contribution is 9.13. The molecular formula is C16H11Br2N3O4. The molecule has 9 heteroatoms. The maximum Gasteiger partial charge on any atom is 0.349 e. The number of aromatic amines is 1. The number of phenolic OH excluding ortho intramolecular Hbond substituents is 1. The number of phenols is 1. The predicted molar refractivity (Wildman–Crippen MR) is 102 cm³/mol. The van der Waals surface area contributed by atoms with Crippen LogP contribution in [0.5, 0.6) is 11.5 Å². The van der Waals surface area contributed by atoms with E-state index in [0.29, 0.717) is 25.4 Å². The summed E-state index contributed by atoms with van der Waals surface area (Å²) in [4.78, 5) is 27.2. The Hall–Kier alpha value is -2.39. The van der Waals surface area contributed by atoms with Crippen LogP contribution in [0.2, 0.25) is 0 Å². The quantitative estimate of drug-likeness (QED) is 0.577. The predicted octanol–water partition coefficient (Wildman–Crippen LogP) is 2.81. The number of nitrogens with zero attached hydrogens (tertiary/aromatic N) is 2. The molecule has 2 N–H and O–H groups in total. The van der Waals surface area contributed by atoms with Crippen molar-refractivity contribution in [3.63, 3.8) is 0 Å². The first-order chi connectivity index (χ1) is 11.9. The number of para-hydroxylation sites is 1. The summed E-state index contributed by atoms with van der Waals surface area (Å²) in [5.74, 6) is 0.142. The summed E-state index contributed by atoms with van der Waals surface area (Å²) in [5.41, 5.74) is -0.238. The van der Waals surface area contributed by atoms with Gasteiger partial charge in [-0.05, 0) is 50.1 Å². The Morgan fingerprint density at radius 2 is 1.96 bits per heavy atom. The molecule has 7 nitrogen and oxygen atoms in total. The van der Waals surface area contributed by atoms with E-state index < -0.39 is 11.2 Å². The molecule has 0 radical (unpaired) electrons. The number of ether oxygens (including phenoxy) is 1. The number of aromatic nitrogens is 2. The maximum atomic E-state index is 12.4. The van der Waals surface area contributed by atoms with Gasteiger partial charge in [0.1, 0.15) is 0 Å². The van der Waals surface area contributed by atoms with Crippen LogP contribution in [0, 0.1) is 0 Å². The summed E-state index contributed by atoms with van der Waals surface area (Å²) >= 11 is 6.55. The number of halogens is 2. The van der Waals surface area contributed by atoms with Crippen molar-refractivity contribution in [3.05, 3.63) is 65.7 Å². The maximum absolute atomic E-state index is 12.4. The first kappa shape index (κ1) is 17.4. The third-order valence-corrected chi connectivity index (χ3v) is 5.65. The number of methoxy groups -OCH3 is 1. The third-order valence-electron chi connectivity index (χ3n) is 3.49. The fourth-order valence-corrected chi connectivity index (χ4v) is 3.07. The van der Waals surface area contributed by atoms with Crippen molar-refractivity contribution in [2.24, 2.45) is 5.10 Å². The molecule has 0 saturated carbocycles. The number of rotatable bonds is 3. The average Bonchev–Trinajstić information content (AvgIpc) is 2.61. The molecule has 2 aromatic carbocycles. The average molecular weight is 469 g/mol. The molecule has 0 bridgehead atoms. The van der Waals surface area contributed by atoms with Crippen molar-refractivity contribution in [1.82, 2.24) is 9.66 Å². The van der Waals surface area contributed by atoms with E-state index in [4.69, 9.17) is 4.74 Å². The first-order valence-corrected chi connectivity index (χ1v) is 8.56. The van der Waals surface area contributed by atoms with Gasteiger partial charge in [0, 0.05) is 10.0 Å². The number of hydrogen-bond donors (Lipinski definition) is 2. The van der Waals surface area contributed by atoms with E-state index in [9.17, 15) is 14.7 Å². The molecule has 0 aliphatic heterocycles. The van der Waals surface area contributed by atoms with Crippen molar-refractivity contribution >= 4 is 49.0 Å². The molecule has 0 amide bonds. The first-order valence-electron chi connectivity index (χ1n) is 6.97. The van der Waals surface area contributed by atoms with Crippen LogP contribution in [-0.4, -0.2) is 28.1 Å². The van der Waals surface area contributed by atoms with E-state index in [1.165, 1.54) is 19.4 Å². The SMILES string of the molecule is COc1cc(C=Nn2c(=O)[nH]c3ccccc3c2=O)c(Br)c(Br)c1O. The molecule has 1 aromatic heterocycles. The van der Waals surface area contributed by atoms with Crippen LogP contribution in [0.1, 0.15) is 5.56 Å². The number of aromatic hydroxyl groups is 1. The monoisotopic (exact) mass is 467 g/mol. The Morgan fingerprint density at radius 3 is 2.68 bits per heavy atom. The number of hydrogen-bond acceptors (Lipinski definition) is 5. The van der Waals surface area contributed by atoms with Gasteiger partial charge in [-0.3, -0.25) is 4.79 Å². The molecule has 0 aliphatic rings. The standard InChI is InChI=1S/C16H11Br2N3O4/c1-25-11-6-8(12(17)13(18)14(11)22)7-19-21-15(23)9-4-2-3-5-10(9)20-16(21)24/h2-7,22H,1H3,(H,20,24). The molecule has 1 heterocycles. The van der Waals surface area contributed by atoms with Crippen LogP contribution in [0.3, 0.4) is 0 Å². The third kappa shape index (κ3) is 3.12. The largest absolute Gasteiger partial charge is 0.503 e. The highest BCUT2D eigenvalue weighted by Gasteiger charge is 2.14. The highest BCUT2D eigenvalue weighted by Crippen LogP contribution is 2.41. The second kappa shape index (κ2) is 6.85. The molecule has 3 aromatic rings. The number of benzene rings is 2.